The maximum absolute atomic E-state index is 12.3. The maximum Gasteiger partial charge on any atom is 0.267 e. The minimum atomic E-state index is -0.0810. The van der Waals surface area contributed by atoms with E-state index in [0.717, 1.165) is 35.9 Å². The number of hydrogen-bond acceptors (Lipinski definition) is 5. The van der Waals surface area contributed by atoms with Gasteiger partial charge in [0.25, 0.3) is 5.91 Å². The third-order valence-corrected chi connectivity index (χ3v) is 4.82. The van der Waals surface area contributed by atoms with Crippen molar-refractivity contribution in [2.24, 2.45) is 0 Å². The summed E-state index contributed by atoms with van der Waals surface area (Å²) >= 11 is 1.61. The predicted molar refractivity (Wildman–Crippen MR) is 95.4 cm³/mol. The van der Waals surface area contributed by atoms with Gasteiger partial charge >= 0.3 is 0 Å². The van der Waals surface area contributed by atoms with Crippen LogP contribution in [0.1, 0.15) is 29.3 Å². The van der Waals surface area contributed by atoms with Crippen molar-refractivity contribution < 1.29 is 9.53 Å². The van der Waals surface area contributed by atoms with Crippen molar-refractivity contribution in [1.29, 1.82) is 0 Å². The molecule has 3 heterocycles. The monoisotopic (exact) mass is 348 g/mol. The zero-order valence-corrected chi connectivity index (χ0v) is 15.2. The molecule has 0 bridgehead atoms. The Balaban J connectivity index is 1.50. The molecule has 2 atom stereocenters. The van der Waals surface area contributed by atoms with E-state index < -0.39 is 0 Å². The van der Waals surface area contributed by atoms with Crippen molar-refractivity contribution in [3.8, 4) is 11.3 Å². The lowest BCUT2D eigenvalue weighted by Gasteiger charge is -2.35. The van der Waals surface area contributed by atoms with Crippen molar-refractivity contribution >= 4 is 17.2 Å². The number of carbonyl (C=O) groups is 1. The number of aromatic nitrogens is 2. The quantitative estimate of drug-likeness (QED) is 0.870. The van der Waals surface area contributed by atoms with E-state index in [1.807, 2.05) is 24.6 Å². The van der Waals surface area contributed by atoms with Crippen LogP contribution >= 0.6 is 11.3 Å². The molecule has 24 heavy (non-hydrogen) atoms. The predicted octanol–water partition coefficient (Wildman–Crippen LogP) is 2.29. The third-order valence-electron chi connectivity index (χ3n) is 4.05. The molecule has 2 aromatic rings. The number of nitrogens with one attached hydrogen (secondary N) is 2. The van der Waals surface area contributed by atoms with Crippen molar-refractivity contribution in [1.82, 2.24) is 20.2 Å². The molecule has 0 spiro atoms. The Bertz CT molecular complexity index is 686. The van der Waals surface area contributed by atoms with Gasteiger partial charge in [-0.2, -0.15) is 0 Å². The van der Waals surface area contributed by atoms with Gasteiger partial charge in [0.05, 0.1) is 22.9 Å². The highest BCUT2D eigenvalue weighted by atomic mass is 32.1. The normalized spacial score (nSPS) is 21.8. The van der Waals surface area contributed by atoms with Gasteiger partial charge in [0, 0.05) is 43.3 Å². The highest BCUT2D eigenvalue weighted by molar-refractivity contribution is 7.09. The molecule has 0 radical (unpaired) electrons. The molecule has 0 unspecified atom stereocenters. The first kappa shape index (κ1) is 17.1. The number of nitrogens with zero attached hydrogens (tertiary/aromatic N) is 2. The molecule has 2 N–H and O–H groups in total. The van der Waals surface area contributed by atoms with Gasteiger partial charge in [0.2, 0.25) is 0 Å². The second-order valence-electron chi connectivity index (χ2n) is 6.33. The van der Waals surface area contributed by atoms with Crippen LogP contribution in [-0.4, -0.2) is 59.2 Å². The molecule has 0 aliphatic carbocycles. The van der Waals surface area contributed by atoms with Crippen LogP contribution in [0.5, 0.6) is 0 Å². The second kappa shape index (κ2) is 7.46. The summed E-state index contributed by atoms with van der Waals surface area (Å²) in [4.78, 5) is 22.1. The topological polar surface area (TPSA) is 70.2 Å². The van der Waals surface area contributed by atoms with E-state index >= 15 is 0 Å². The van der Waals surface area contributed by atoms with Crippen molar-refractivity contribution in [3.05, 3.63) is 28.3 Å². The highest BCUT2D eigenvalue weighted by Crippen LogP contribution is 2.22. The summed E-state index contributed by atoms with van der Waals surface area (Å²) in [6.07, 6.45) is 2.32. The van der Waals surface area contributed by atoms with Crippen molar-refractivity contribution in [2.45, 2.75) is 33.0 Å². The molecule has 0 saturated carbocycles. The van der Waals surface area contributed by atoms with Crippen LogP contribution in [0.4, 0.5) is 0 Å². The summed E-state index contributed by atoms with van der Waals surface area (Å²) in [6, 6.07) is 1.85. The first-order valence-electron chi connectivity index (χ1n) is 8.28. The number of aromatic amines is 1. The number of aryl methyl sites for hydroxylation is 1. The first-order valence-corrected chi connectivity index (χ1v) is 9.16. The molecule has 1 fully saturated rings. The lowest BCUT2D eigenvalue weighted by atomic mass is 10.2. The number of H-pyrrole nitrogens is 1. The molecule has 1 aliphatic rings. The van der Waals surface area contributed by atoms with E-state index in [4.69, 9.17) is 4.74 Å². The molecule has 2 aromatic heterocycles. The number of hydrogen-bond donors (Lipinski definition) is 2. The molecular formula is C17H24N4O2S. The zero-order chi connectivity index (χ0) is 17.1. The van der Waals surface area contributed by atoms with E-state index in [2.05, 4.69) is 34.0 Å². The minimum absolute atomic E-state index is 0.0810. The van der Waals surface area contributed by atoms with Crippen LogP contribution in [0.25, 0.3) is 11.3 Å². The fraction of sp³-hybridized carbons (Fsp3) is 0.529. The summed E-state index contributed by atoms with van der Waals surface area (Å²) in [7, 11) is 0. The van der Waals surface area contributed by atoms with Crippen molar-refractivity contribution in [2.75, 3.05) is 26.2 Å². The number of amides is 1. The summed E-state index contributed by atoms with van der Waals surface area (Å²) in [5.41, 5.74) is 2.42. The number of ether oxygens (including phenoxy) is 1. The van der Waals surface area contributed by atoms with E-state index in [0.29, 0.717) is 12.2 Å². The van der Waals surface area contributed by atoms with Gasteiger partial charge in [-0.15, -0.1) is 11.3 Å². The summed E-state index contributed by atoms with van der Waals surface area (Å²) in [6.45, 7) is 9.43. The Labute approximate surface area is 146 Å². The molecular weight excluding hydrogens is 324 g/mol. The van der Waals surface area contributed by atoms with E-state index in [-0.39, 0.29) is 18.1 Å². The lowest BCUT2D eigenvalue weighted by Crippen LogP contribution is -2.47. The number of carbonyl (C=O) groups excluding carboxylic acids is 1. The highest BCUT2D eigenvalue weighted by Gasteiger charge is 2.21. The summed E-state index contributed by atoms with van der Waals surface area (Å²) in [5, 5.41) is 6.00. The Hall–Kier alpha value is -1.70. The van der Waals surface area contributed by atoms with Crippen LogP contribution in [0, 0.1) is 6.92 Å². The molecule has 7 heteroatoms. The van der Waals surface area contributed by atoms with Crippen molar-refractivity contribution in [3.63, 3.8) is 0 Å². The van der Waals surface area contributed by atoms with Crippen LogP contribution in [0.3, 0.4) is 0 Å². The fourth-order valence-electron chi connectivity index (χ4n) is 3.06. The van der Waals surface area contributed by atoms with Crippen LogP contribution in [-0.2, 0) is 4.74 Å². The smallest absolute Gasteiger partial charge is 0.267 e. The summed E-state index contributed by atoms with van der Waals surface area (Å²) in [5.74, 6) is -0.0810. The molecule has 1 aliphatic heterocycles. The maximum atomic E-state index is 12.3. The van der Waals surface area contributed by atoms with E-state index in [1.165, 1.54) is 0 Å². The van der Waals surface area contributed by atoms with Gasteiger partial charge in [-0.25, -0.2) is 4.98 Å². The Morgan fingerprint density at radius 2 is 2.21 bits per heavy atom. The molecule has 130 valence electrons. The second-order valence-corrected chi connectivity index (χ2v) is 7.39. The lowest BCUT2D eigenvalue weighted by molar-refractivity contribution is -0.0672. The number of morpholine rings is 1. The molecule has 0 aromatic carbocycles. The Kier molecular flexibility index (Phi) is 5.33. The van der Waals surface area contributed by atoms with Gasteiger partial charge in [-0.05, 0) is 26.8 Å². The number of thiazole rings is 1. The minimum Gasteiger partial charge on any atom is -0.373 e. The standard InChI is InChI=1S/C17H24N4O2S/c1-11-8-21(9-12(2)23-11)5-4-18-17(22)15-6-14(7-19-15)16-10-24-13(3)20-16/h6-7,10-12,19H,4-5,8-9H2,1-3H3,(H,18,22)/t11-,12+. The van der Waals surface area contributed by atoms with Gasteiger partial charge in [-0.3, -0.25) is 9.69 Å². The Morgan fingerprint density at radius 3 is 2.88 bits per heavy atom. The molecule has 3 rings (SSSR count). The fourth-order valence-corrected chi connectivity index (χ4v) is 3.68. The average Bonchev–Trinajstić information content (AvgIpc) is 3.14. The van der Waals surface area contributed by atoms with Gasteiger partial charge < -0.3 is 15.0 Å². The number of rotatable bonds is 5. The van der Waals surface area contributed by atoms with Gasteiger partial charge in [0.1, 0.15) is 5.69 Å². The van der Waals surface area contributed by atoms with Crippen LogP contribution < -0.4 is 5.32 Å². The van der Waals surface area contributed by atoms with Crippen LogP contribution in [0.2, 0.25) is 0 Å². The largest absolute Gasteiger partial charge is 0.373 e. The molecule has 6 nitrogen and oxygen atoms in total. The first-order chi connectivity index (χ1) is 11.5. The average molecular weight is 348 g/mol. The van der Waals surface area contributed by atoms with E-state index in [9.17, 15) is 4.79 Å². The van der Waals surface area contributed by atoms with E-state index in [1.54, 1.807) is 11.3 Å². The molecule has 1 amide bonds. The zero-order valence-electron chi connectivity index (χ0n) is 14.3. The van der Waals surface area contributed by atoms with Gasteiger partial charge in [-0.1, -0.05) is 0 Å². The van der Waals surface area contributed by atoms with Crippen LogP contribution in [0.15, 0.2) is 17.6 Å². The third kappa shape index (κ3) is 4.23. The van der Waals surface area contributed by atoms with Gasteiger partial charge in [0.15, 0.2) is 0 Å². The summed E-state index contributed by atoms with van der Waals surface area (Å²) < 4.78 is 5.72. The molecule has 1 saturated heterocycles. The SMILES string of the molecule is Cc1nc(-c2c[nH]c(C(=O)NCCN3C[C@@H](C)O[C@@H](C)C3)c2)cs1. The Morgan fingerprint density at radius 1 is 1.46 bits per heavy atom.